The van der Waals surface area contributed by atoms with Gasteiger partial charge in [0.2, 0.25) is 0 Å². The molecule has 0 saturated carbocycles. The molecule has 2 aromatic carbocycles. The van der Waals surface area contributed by atoms with Crippen molar-refractivity contribution >= 4 is 26.9 Å². The molecule has 1 heterocycles. The zero-order chi connectivity index (χ0) is 15.7. The van der Waals surface area contributed by atoms with Crippen molar-refractivity contribution in [3.8, 4) is 0 Å². The van der Waals surface area contributed by atoms with Gasteiger partial charge in [0, 0.05) is 24.2 Å². The number of sulfone groups is 1. The van der Waals surface area contributed by atoms with Crippen LogP contribution >= 0.6 is 0 Å². The lowest BCUT2D eigenvalue weighted by molar-refractivity contribution is 0.596. The van der Waals surface area contributed by atoms with E-state index in [1.807, 2.05) is 18.2 Å². The SMILES string of the molecule is CS(=O)(=O)c1ccc(Nc2ccc3c(c2)CCCN3)c(F)c1. The van der Waals surface area contributed by atoms with Crippen molar-refractivity contribution in [3.05, 3.63) is 47.8 Å². The van der Waals surface area contributed by atoms with Gasteiger partial charge >= 0.3 is 0 Å². The molecule has 2 aromatic rings. The van der Waals surface area contributed by atoms with E-state index in [0.717, 1.165) is 43.1 Å². The Morgan fingerprint density at radius 3 is 2.73 bits per heavy atom. The number of hydrogen-bond acceptors (Lipinski definition) is 4. The highest BCUT2D eigenvalue weighted by Gasteiger charge is 2.12. The molecule has 0 radical (unpaired) electrons. The second kappa shape index (κ2) is 5.61. The Kier molecular flexibility index (Phi) is 3.78. The number of benzene rings is 2. The van der Waals surface area contributed by atoms with E-state index in [-0.39, 0.29) is 10.6 Å². The molecule has 0 aliphatic carbocycles. The minimum Gasteiger partial charge on any atom is -0.385 e. The maximum Gasteiger partial charge on any atom is 0.175 e. The molecule has 3 rings (SSSR count). The van der Waals surface area contributed by atoms with E-state index in [1.54, 1.807) is 0 Å². The standard InChI is InChI=1S/C16H17FN2O2S/c1-22(20,21)13-5-7-16(14(17)10-13)19-12-4-6-15-11(9-12)3-2-8-18-15/h4-7,9-10,18-19H,2-3,8H2,1H3. The van der Waals surface area contributed by atoms with Crippen LogP contribution in [0.5, 0.6) is 0 Å². The molecule has 0 fully saturated rings. The van der Waals surface area contributed by atoms with Crippen LogP contribution in [0.4, 0.5) is 21.5 Å². The average Bonchev–Trinajstić information content (AvgIpc) is 2.48. The number of hydrogen-bond donors (Lipinski definition) is 2. The monoisotopic (exact) mass is 320 g/mol. The Bertz CT molecular complexity index is 819. The van der Waals surface area contributed by atoms with Crippen LogP contribution in [0.25, 0.3) is 0 Å². The molecule has 4 nitrogen and oxygen atoms in total. The third-order valence-corrected chi connectivity index (χ3v) is 4.80. The predicted octanol–water partition coefficient (Wildman–Crippen LogP) is 3.33. The van der Waals surface area contributed by atoms with E-state index in [2.05, 4.69) is 10.6 Å². The van der Waals surface area contributed by atoms with Crippen molar-refractivity contribution in [3.63, 3.8) is 0 Å². The molecule has 0 aromatic heterocycles. The fourth-order valence-electron chi connectivity index (χ4n) is 2.54. The zero-order valence-electron chi connectivity index (χ0n) is 12.2. The van der Waals surface area contributed by atoms with Gasteiger partial charge in [0.1, 0.15) is 5.82 Å². The predicted molar refractivity (Wildman–Crippen MR) is 86.0 cm³/mol. The van der Waals surface area contributed by atoms with Gasteiger partial charge in [-0.3, -0.25) is 0 Å². The maximum atomic E-state index is 14.1. The minimum absolute atomic E-state index is 0.0230. The van der Waals surface area contributed by atoms with Crippen molar-refractivity contribution in [2.24, 2.45) is 0 Å². The average molecular weight is 320 g/mol. The van der Waals surface area contributed by atoms with Crippen LogP contribution in [-0.4, -0.2) is 21.2 Å². The van der Waals surface area contributed by atoms with Crippen LogP contribution in [0, 0.1) is 5.82 Å². The first-order valence-corrected chi connectivity index (χ1v) is 8.96. The molecule has 6 heteroatoms. The lowest BCUT2D eigenvalue weighted by Gasteiger charge is -2.19. The fraction of sp³-hybridized carbons (Fsp3) is 0.250. The zero-order valence-corrected chi connectivity index (χ0v) is 13.0. The van der Waals surface area contributed by atoms with Gasteiger partial charge in [0.05, 0.1) is 10.6 Å². The molecule has 1 aliphatic heterocycles. The number of rotatable bonds is 3. The third kappa shape index (κ3) is 3.06. The first-order valence-electron chi connectivity index (χ1n) is 7.07. The topological polar surface area (TPSA) is 58.2 Å². The summed E-state index contributed by atoms with van der Waals surface area (Å²) < 4.78 is 36.9. The van der Waals surface area contributed by atoms with E-state index in [4.69, 9.17) is 0 Å². The molecule has 0 amide bonds. The molecule has 116 valence electrons. The molecule has 0 unspecified atom stereocenters. The van der Waals surface area contributed by atoms with Crippen LogP contribution in [0.1, 0.15) is 12.0 Å². The summed E-state index contributed by atoms with van der Waals surface area (Å²) in [6.07, 6.45) is 3.13. The Labute approximate surface area is 129 Å². The van der Waals surface area contributed by atoms with Gasteiger partial charge < -0.3 is 10.6 Å². The smallest absolute Gasteiger partial charge is 0.175 e. The van der Waals surface area contributed by atoms with Crippen molar-refractivity contribution in [2.75, 3.05) is 23.4 Å². The van der Waals surface area contributed by atoms with Crippen molar-refractivity contribution < 1.29 is 12.8 Å². The van der Waals surface area contributed by atoms with E-state index in [9.17, 15) is 12.8 Å². The summed E-state index contributed by atoms with van der Waals surface area (Å²) in [4.78, 5) is -0.0230. The quantitative estimate of drug-likeness (QED) is 0.911. The molecule has 2 N–H and O–H groups in total. The molecule has 0 atom stereocenters. The number of anilines is 3. The molecule has 0 saturated heterocycles. The summed E-state index contributed by atoms with van der Waals surface area (Å²) in [6, 6.07) is 9.73. The molecule has 22 heavy (non-hydrogen) atoms. The lowest BCUT2D eigenvalue weighted by atomic mass is 10.0. The summed E-state index contributed by atoms with van der Waals surface area (Å²) in [6.45, 7) is 0.974. The Morgan fingerprint density at radius 2 is 2.00 bits per heavy atom. The van der Waals surface area contributed by atoms with Crippen molar-refractivity contribution in [1.29, 1.82) is 0 Å². The van der Waals surface area contributed by atoms with E-state index >= 15 is 0 Å². The van der Waals surface area contributed by atoms with Gasteiger partial charge in [-0.15, -0.1) is 0 Å². The van der Waals surface area contributed by atoms with Crippen molar-refractivity contribution in [2.45, 2.75) is 17.7 Å². The molecule has 0 spiro atoms. The van der Waals surface area contributed by atoms with Gasteiger partial charge in [-0.1, -0.05) is 0 Å². The highest BCUT2D eigenvalue weighted by atomic mass is 32.2. The first kappa shape index (κ1) is 14.8. The largest absolute Gasteiger partial charge is 0.385 e. The summed E-state index contributed by atoms with van der Waals surface area (Å²) in [5.74, 6) is -0.584. The first-order chi connectivity index (χ1) is 10.4. The summed E-state index contributed by atoms with van der Waals surface area (Å²) >= 11 is 0. The summed E-state index contributed by atoms with van der Waals surface area (Å²) in [5, 5.41) is 6.32. The van der Waals surface area contributed by atoms with Crippen LogP contribution in [0.15, 0.2) is 41.3 Å². The fourth-order valence-corrected chi connectivity index (χ4v) is 3.17. The van der Waals surface area contributed by atoms with E-state index in [1.165, 1.54) is 17.7 Å². The maximum absolute atomic E-state index is 14.1. The van der Waals surface area contributed by atoms with Crippen LogP contribution in [-0.2, 0) is 16.3 Å². The molecule has 0 bridgehead atoms. The molecular weight excluding hydrogens is 303 g/mol. The summed E-state index contributed by atoms with van der Waals surface area (Å²) in [7, 11) is -3.40. The van der Waals surface area contributed by atoms with E-state index in [0.29, 0.717) is 0 Å². The third-order valence-electron chi connectivity index (χ3n) is 3.69. The lowest BCUT2D eigenvalue weighted by Crippen LogP contribution is -2.11. The molecular formula is C16H17FN2O2S. The number of halogens is 1. The van der Waals surface area contributed by atoms with Crippen LogP contribution in [0.2, 0.25) is 0 Å². The Balaban J connectivity index is 1.87. The minimum atomic E-state index is -3.40. The van der Waals surface area contributed by atoms with Crippen LogP contribution < -0.4 is 10.6 Å². The number of fused-ring (bicyclic) bond motifs is 1. The van der Waals surface area contributed by atoms with Gasteiger partial charge in [-0.2, -0.15) is 0 Å². The number of aryl methyl sites for hydroxylation is 1. The van der Waals surface area contributed by atoms with Gasteiger partial charge in [-0.25, -0.2) is 12.8 Å². The summed E-state index contributed by atoms with van der Waals surface area (Å²) in [5.41, 5.74) is 3.36. The van der Waals surface area contributed by atoms with Crippen molar-refractivity contribution in [1.82, 2.24) is 0 Å². The number of nitrogens with one attached hydrogen (secondary N) is 2. The second-order valence-electron chi connectivity index (χ2n) is 5.44. The normalized spacial score (nSPS) is 14.1. The second-order valence-corrected chi connectivity index (χ2v) is 7.46. The van der Waals surface area contributed by atoms with Gasteiger partial charge in [-0.05, 0) is 54.8 Å². The highest BCUT2D eigenvalue weighted by molar-refractivity contribution is 7.90. The van der Waals surface area contributed by atoms with Gasteiger partial charge in [0.25, 0.3) is 0 Å². The molecule has 1 aliphatic rings. The van der Waals surface area contributed by atoms with E-state index < -0.39 is 15.7 Å². The highest BCUT2D eigenvalue weighted by Crippen LogP contribution is 2.28. The Morgan fingerprint density at radius 1 is 1.18 bits per heavy atom. The Hall–Kier alpha value is -2.08. The van der Waals surface area contributed by atoms with Gasteiger partial charge in [0.15, 0.2) is 9.84 Å². The van der Waals surface area contributed by atoms with Crippen LogP contribution in [0.3, 0.4) is 0 Å².